The largest absolute Gasteiger partial charge is 0.461 e. The topological polar surface area (TPSA) is 116 Å². The molecule has 180 valence electrons. The number of likely N-dealkylation sites (tertiary alicyclic amines) is 2. The van der Waals surface area contributed by atoms with E-state index in [1.165, 1.54) is 16.8 Å². The number of hydrogen-bond acceptors (Lipinski definition) is 7. The maximum absolute atomic E-state index is 13.0. The van der Waals surface area contributed by atoms with Gasteiger partial charge in [0.15, 0.2) is 0 Å². The molecule has 3 amide bonds. The second kappa shape index (κ2) is 11.4. The van der Waals surface area contributed by atoms with E-state index in [1.54, 1.807) is 20.8 Å². The number of carbonyl (C=O) groups excluding carboxylic acids is 5. The lowest BCUT2D eigenvalue weighted by molar-refractivity contribution is -0.156. The van der Waals surface area contributed by atoms with Gasteiger partial charge < -0.3 is 24.6 Å². The monoisotopic (exact) mass is 452 g/mol. The minimum atomic E-state index is -0.786. The summed E-state index contributed by atoms with van der Waals surface area (Å²) < 4.78 is 5.49. The van der Waals surface area contributed by atoms with Crippen LogP contribution in [0.4, 0.5) is 0 Å². The summed E-state index contributed by atoms with van der Waals surface area (Å²) in [7, 11) is 3.40. The maximum atomic E-state index is 13.0. The van der Waals surface area contributed by atoms with Crippen LogP contribution in [0.2, 0.25) is 0 Å². The minimum Gasteiger partial charge on any atom is -0.461 e. The molecule has 10 nitrogen and oxygen atoms in total. The summed E-state index contributed by atoms with van der Waals surface area (Å²) in [5.74, 6) is -1.33. The van der Waals surface area contributed by atoms with Crippen LogP contribution in [-0.2, 0) is 28.7 Å². The third kappa shape index (κ3) is 6.27. The van der Waals surface area contributed by atoms with Crippen LogP contribution in [0.5, 0.6) is 0 Å². The van der Waals surface area contributed by atoms with Gasteiger partial charge in [-0.15, -0.1) is 0 Å². The van der Waals surface area contributed by atoms with Crippen LogP contribution in [0.15, 0.2) is 0 Å². The summed E-state index contributed by atoms with van der Waals surface area (Å²) in [5, 5.41) is 2.53. The van der Waals surface area contributed by atoms with Gasteiger partial charge in [-0.25, -0.2) is 0 Å². The zero-order chi connectivity index (χ0) is 24.0. The van der Waals surface area contributed by atoms with Crippen LogP contribution in [-0.4, -0.2) is 102 Å². The van der Waals surface area contributed by atoms with Gasteiger partial charge in [-0.3, -0.25) is 24.1 Å². The summed E-state index contributed by atoms with van der Waals surface area (Å²) in [4.78, 5) is 66.1. The molecule has 2 rings (SSSR count). The van der Waals surface area contributed by atoms with Crippen molar-refractivity contribution in [2.45, 2.75) is 83.1 Å². The van der Waals surface area contributed by atoms with Gasteiger partial charge in [0.25, 0.3) is 0 Å². The van der Waals surface area contributed by atoms with E-state index in [-0.39, 0.29) is 30.2 Å². The lowest BCUT2D eigenvalue weighted by atomic mass is 10.1. The minimum absolute atomic E-state index is 0.00254. The van der Waals surface area contributed by atoms with Crippen LogP contribution in [0.1, 0.15) is 52.9 Å². The number of nitrogens with one attached hydrogen (secondary N) is 1. The zero-order valence-corrected chi connectivity index (χ0v) is 19.7. The van der Waals surface area contributed by atoms with E-state index in [9.17, 15) is 24.0 Å². The Bertz CT molecular complexity index is 729. The molecular formula is C22H36N4O6. The molecule has 0 radical (unpaired) electrons. The average molecular weight is 453 g/mol. The van der Waals surface area contributed by atoms with Crippen LogP contribution < -0.4 is 5.32 Å². The average Bonchev–Trinajstić information content (AvgIpc) is 3.40. The van der Waals surface area contributed by atoms with Crippen LogP contribution in [0.25, 0.3) is 0 Å². The molecule has 5 atom stereocenters. The van der Waals surface area contributed by atoms with Crippen molar-refractivity contribution in [1.29, 1.82) is 0 Å². The van der Waals surface area contributed by atoms with Crippen LogP contribution >= 0.6 is 0 Å². The molecule has 0 spiro atoms. The van der Waals surface area contributed by atoms with Crippen molar-refractivity contribution in [3.05, 3.63) is 0 Å². The molecule has 2 saturated heterocycles. The fraction of sp³-hybridized carbons (Fsp3) is 0.773. The first-order valence-corrected chi connectivity index (χ1v) is 11.3. The summed E-state index contributed by atoms with van der Waals surface area (Å²) in [6.45, 7) is 6.11. The predicted octanol–water partition coefficient (Wildman–Crippen LogP) is -0.0561. The Morgan fingerprint density at radius 2 is 1.72 bits per heavy atom. The molecule has 0 bridgehead atoms. The first-order valence-electron chi connectivity index (χ1n) is 11.3. The van der Waals surface area contributed by atoms with Gasteiger partial charge in [0.1, 0.15) is 30.5 Å². The quantitative estimate of drug-likeness (QED) is 0.385. The number of hydrogen-bond donors (Lipinski definition) is 1. The first-order chi connectivity index (χ1) is 15.1. The molecule has 5 unspecified atom stereocenters. The summed E-state index contributed by atoms with van der Waals surface area (Å²) >= 11 is 0. The molecule has 2 aliphatic heterocycles. The van der Waals surface area contributed by atoms with Crippen molar-refractivity contribution in [3.8, 4) is 0 Å². The van der Waals surface area contributed by atoms with E-state index in [0.29, 0.717) is 25.7 Å². The van der Waals surface area contributed by atoms with E-state index in [4.69, 9.17) is 4.74 Å². The smallest absolute Gasteiger partial charge is 0.323 e. The second-order valence-corrected chi connectivity index (χ2v) is 8.89. The molecule has 0 aromatic carbocycles. The van der Waals surface area contributed by atoms with Gasteiger partial charge in [0.05, 0.1) is 12.5 Å². The predicted molar refractivity (Wildman–Crippen MR) is 116 cm³/mol. The van der Waals surface area contributed by atoms with Gasteiger partial charge in [-0.2, -0.15) is 0 Å². The highest BCUT2D eigenvalue weighted by Gasteiger charge is 2.38. The highest BCUT2D eigenvalue weighted by Crippen LogP contribution is 2.22. The maximum Gasteiger partial charge on any atom is 0.323 e. The molecule has 0 saturated carbocycles. The molecule has 32 heavy (non-hydrogen) atoms. The van der Waals surface area contributed by atoms with Crippen molar-refractivity contribution in [2.75, 3.05) is 27.2 Å². The van der Waals surface area contributed by atoms with E-state index in [0.717, 1.165) is 19.4 Å². The van der Waals surface area contributed by atoms with E-state index < -0.39 is 30.1 Å². The Morgan fingerprint density at radius 3 is 2.31 bits per heavy atom. The van der Waals surface area contributed by atoms with E-state index >= 15 is 0 Å². The fourth-order valence-corrected chi connectivity index (χ4v) is 4.19. The first kappa shape index (κ1) is 25.8. The van der Waals surface area contributed by atoms with Crippen molar-refractivity contribution in [1.82, 2.24) is 20.0 Å². The van der Waals surface area contributed by atoms with E-state index in [1.807, 2.05) is 11.9 Å². The molecule has 2 aliphatic rings. The number of esters is 1. The highest BCUT2D eigenvalue weighted by atomic mass is 16.5. The Hall–Kier alpha value is -2.49. The van der Waals surface area contributed by atoms with Gasteiger partial charge in [-0.05, 0) is 60.0 Å². The Kier molecular flexibility index (Phi) is 9.18. The number of nitrogens with zero attached hydrogens (tertiary/aromatic N) is 3. The molecule has 1 N–H and O–H groups in total. The third-order valence-electron chi connectivity index (χ3n) is 6.31. The second-order valence-electron chi connectivity index (χ2n) is 8.89. The number of ether oxygens (including phenoxy) is 1. The van der Waals surface area contributed by atoms with Crippen molar-refractivity contribution < 1.29 is 28.7 Å². The Balaban J connectivity index is 1.92. The number of likely N-dealkylation sites (N-methyl/N-ethyl adjacent to an activating group) is 2. The lowest BCUT2D eigenvalue weighted by Crippen LogP contribution is -2.54. The zero-order valence-electron chi connectivity index (χ0n) is 19.7. The van der Waals surface area contributed by atoms with Gasteiger partial charge in [0, 0.05) is 13.6 Å². The van der Waals surface area contributed by atoms with Crippen molar-refractivity contribution >= 4 is 30.0 Å². The number of carbonyl (C=O) groups is 5. The van der Waals surface area contributed by atoms with Gasteiger partial charge >= 0.3 is 5.97 Å². The molecule has 2 fully saturated rings. The lowest BCUT2D eigenvalue weighted by Gasteiger charge is -2.31. The summed E-state index contributed by atoms with van der Waals surface area (Å²) in [5.41, 5.74) is 0. The Morgan fingerprint density at radius 1 is 1.09 bits per heavy atom. The standard InChI is InChI=1S/C22H36N4O6/c1-14(13-27)23-20(29)16(3)25(5)21(30)17-8-7-11-26(17)19(28)12-15(2)32-22(31)18-9-6-10-24(18)4/h13-18H,6-12H2,1-5H3,(H,23,29). The van der Waals surface area contributed by atoms with Crippen LogP contribution in [0, 0.1) is 0 Å². The van der Waals surface area contributed by atoms with Gasteiger partial charge in [0.2, 0.25) is 17.7 Å². The SMILES string of the molecule is CC(C=O)NC(=O)C(C)N(C)C(=O)C1CCCN1C(=O)CC(C)OC(=O)C1CCCN1C. The van der Waals surface area contributed by atoms with Crippen molar-refractivity contribution in [2.24, 2.45) is 0 Å². The number of rotatable bonds is 9. The van der Waals surface area contributed by atoms with Crippen molar-refractivity contribution in [3.63, 3.8) is 0 Å². The fourth-order valence-electron chi connectivity index (χ4n) is 4.19. The molecule has 0 aromatic heterocycles. The normalized spacial score (nSPS) is 23.8. The van der Waals surface area contributed by atoms with Crippen LogP contribution in [0.3, 0.4) is 0 Å². The number of amides is 3. The van der Waals surface area contributed by atoms with E-state index in [2.05, 4.69) is 5.32 Å². The molecule has 2 heterocycles. The van der Waals surface area contributed by atoms with Gasteiger partial charge in [-0.1, -0.05) is 0 Å². The molecular weight excluding hydrogens is 416 g/mol. The molecule has 0 aromatic rings. The summed E-state index contributed by atoms with van der Waals surface area (Å²) in [6, 6.07) is -2.36. The number of aldehydes is 1. The molecule has 10 heteroatoms. The third-order valence-corrected chi connectivity index (χ3v) is 6.31. The summed E-state index contributed by atoms with van der Waals surface area (Å²) in [6.07, 6.45) is 2.91. The molecule has 0 aliphatic carbocycles. The highest BCUT2D eigenvalue weighted by molar-refractivity contribution is 5.93. The Labute approximate surface area is 189 Å².